The molecule has 0 spiro atoms. The van der Waals surface area contributed by atoms with Crippen molar-refractivity contribution in [1.82, 2.24) is 0 Å². The highest BCUT2D eigenvalue weighted by atomic mass is 16.5. The summed E-state index contributed by atoms with van der Waals surface area (Å²) in [5.74, 6) is 0.562. The zero-order valence-corrected chi connectivity index (χ0v) is 13.5. The van der Waals surface area contributed by atoms with Crippen molar-refractivity contribution in [3.05, 3.63) is 60.2 Å². The molecule has 0 aliphatic carbocycles. The van der Waals surface area contributed by atoms with Gasteiger partial charge < -0.3 is 15.8 Å². The van der Waals surface area contributed by atoms with Gasteiger partial charge in [0.15, 0.2) is 0 Å². The first-order valence-electron chi connectivity index (χ1n) is 8.02. The van der Waals surface area contributed by atoms with Crippen LogP contribution in [0.25, 0.3) is 0 Å². The first-order valence-corrected chi connectivity index (χ1v) is 8.02. The van der Waals surface area contributed by atoms with E-state index in [-0.39, 0.29) is 5.91 Å². The van der Waals surface area contributed by atoms with E-state index in [0.29, 0.717) is 18.7 Å². The fourth-order valence-electron chi connectivity index (χ4n) is 2.19. The molecule has 0 fully saturated rings. The van der Waals surface area contributed by atoms with Gasteiger partial charge in [0, 0.05) is 11.8 Å². The standard InChI is InChI=1S/C19H24N2O2/c1-2-3-12-23-17-11-7-10-16(14-17)21-19(22)18(20)13-15-8-5-4-6-9-15/h4-11,14,18H,2-3,12-13,20H2,1H3,(H,21,22)/t18-/m0/s1. The summed E-state index contributed by atoms with van der Waals surface area (Å²) in [6, 6.07) is 16.6. The molecule has 2 rings (SSSR count). The molecule has 4 heteroatoms. The smallest absolute Gasteiger partial charge is 0.241 e. The Kier molecular flexibility index (Phi) is 6.63. The fourth-order valence-corrected chi connectivity index (χ4v) is 2.19. The van der Waals surface area contributed by atoms with E-state index in [2.05, 4.69) is 12.2 Å². The SMILES string of the molecule is CCCCOc1cccc(NC(=O)[C@@H](N)Cc2ccccc2)c1. The molecule has 0 bridgehead atoms. The van der Waals surface area contributed by atoms with Gasteiger partial charge in [0.25, 0.3) is 0 Å². The number of nitrogens with two attached hydrogens (primary N) is 1. The van der Waals surface area contributed by atoms with Gasteiger partial charge in [-0.05, 0) is 30.5 Å². The molecule has 3 N–H and O–H groups in total. The van der Waals surface area contributed by atoms with Crippen LogP contribution in [0, 0.1) is 0 Å². The van der Waals surface area contributed by atoms with Crippen LogP contribution in [0.3, 0.4) is 0 Å². The highest BCUT2D eigenvalue weighted by Crippen LogP contribution is 2.18. The van der Waals surface area contributed by atoms with Crippen molar-refractivity contribution in [3.8, 4) is 5.75 Å². The summed E-state index contributed by atoms with van der Waals surface area (Å²) in [6.07, 6.45) is 2.61. The number of rotatable bonds is 8. The molecule has 4 nitrogen and oxygen atoms in total. The fraction of sp³-hybridized carbons (Fsp3) is 0.316. The summed E-state index contributed by atoms with van der Waals surface area (Å²) in [5.41, 5.74) is 7.74. The summed E-state index contributed by atoms with van der Waals surface area (Å²) in [6.45, 7) is 2.80. The molecule has 0 aliphatic heterocycles. The number of anilines is 1. The quantitative estimate of drug-likeness (QED) is 0.735. The van der Waals surface area contributed by atoms with Crippen molar-refractivity contribution in [2.75, 3.05) is 11.9 Å². The van der Waals surface area contributed by atoms with E-state index in [1.165, 1.54) is 0 Å². The normalized spacial score (nSPS) is 11.7. The number of hydrogen-bond acceptors (Lipinski definition) is 3. The predicted molar refractivity (Wildman–Crippen MR) is 93.6 cm³/mol. The number of hydrogen-bond donors (Lipinski definition) is 2. The molecule has 0 heterocycles. The molecule has 0 aromatic heterocycles. The number of amides is 1. The summed E-state index contributed by atoms with van der Waals surface area (Å²) in [4.78, 5) is 12.2. The molecular formula is C19H24N2O2. The second kappa shape index (κ2) is 8.96. The first kappa shape index (κ1) is 17.0. The minimum absolute atomic E-state index is 0.195. The lowest BCUT2D eigenvalue weighted by Gasteiger charge is -2.13. The molecular weight excluding hydrogens is 288 g/mol. The number of unbranched alkanes of at least 4 members (excludes halogenated alkanes) is 1. The molecule has 0 unspecified atom stereocenters. The number of nitrogens with one attached hydrogen (secondary N) is 1. The average molecular weight is 312 g/mol. The number of carbonyl (C=O) groups excluding carboxylic acids is 1. The summed E-state index contributed by atoms with van der Waals surface area (Å²) >= 11 is 0. The molecule has 23 heavy (non-hydrogen) atoms. The predicted octanol–water partition coefficient (Wildman–Crippen LogP) is 3.37. The van der Waals surface area contributed by atoms with E-state index in [1.807, 2.05) is 54.6 Å². The maximum Gasteiger partial charge on any atom is 0.241 e. The second-order valence-corrected chi connectivity index (χ2v) is 5.52. The van der Waals surface area contributed by atoms with Crippen molar-refractivity contribution in [2.45, 2.75) is 32.2 Å². The second-order valence-electron chi connectivity index (χ2n) is 5.52. The highest BCUT2D eigenvalue weighted by Gasteiger charge is 2.14. The van der Waals surface area contributed by atoms with Gasteiger partial charge in [0.1, 0.15) is 5.75 Å². The third-order valence-electron chi connectivity index (χ3n) is 3.50. The van der Waals surface area contributed by atoms with Gasteiger partial charge in [0.05, 0.1) is 12.6 Å². The van der Waals surface area contributed by atoms with Crippen LogP contribution in [0.4, 0.5) is 5.69 Å². The molecule has 0 saturated heterocycles. The topological polar surface area (TPSA) is 64.3 Å². The Morgan fingerprint density at radius 3 is 2.70 bits per heavy atom. The van der Waals surface area contributed by atoms with Crippen LogP contribution in [0.1, 0.15) is 25.3 Å². The van der Waals surface area contributed by atoms with Crippen LogP contribution >= 0.6 is 0 Å². The maximum atomic E-state index is 12.2. The van der Waals surface area contributed by atoms with Gasteiger partial charge >= 0.3 is 0 Å². The Bertz CT molecular complexity index is 614. The van der Waals surface area contributed by atoms with Crippen molar-refractivity contribution < 1.29 is 9.53 Å². The van der Waals surface area contributed by atoms with Crippen molar-refractivity contribution in [3.63, 3.8) is 0 Å². The van der Waals surface area contributed by atoms with Crippen LogP contribution in [-0.4, -0.2) is 18.6 Å². The van der Waals surface area contributed by atoms with E-state index in [9.17, 15) is 4.79 Å². The lowest BCUT2D eigenvalue weighted by molar-refractivity contribution is -0.117. The lowest BCUT2D eigenvalue weighted by Crippen LogP contribution is -2.37. The molecule has 1 atom stereocenters. The molecule has 0 radical (unpaired) electrons. The van der Waals surface area contributed by atoms with Gasteiger partial charge in [-0.15, -0.1) is 0 Å². The van der Waals surface area contributed by atoms with Crippen LogP contribution in [0.2, 0.25) is 0 Å². The minimum Gasteiger partial charge on any atom is -0.494 e. The van der Waals surface area contributed by atoms with E-state index in [1.54, 1.807) is 0 Å². The summed E-state index contributed by atoms with van der Waals surface area (Å²) in [5, 5.41) is 2.85. The number of ether oxygens (including phenoxy) is 1. The Morgan fingerprint density at radius 2 is 1.96 bits per heavy atom. The van der Waals surface area contributed by atoms with Crippen LogP contribution in [0.5, 0.6) is 5.75 Å². The largest absolute Gasteiger partial charge is 0.494 e. The highest BCUT2D eigenvalue weighted by molar-refractivity contribution is 5.95. The van der Waals surface area contributed by atoms with E-state index in [0.717, 1.165) is 24.2 Å². The molecule has 2 aromatic carbocycles. The zero-order valence-electron chi connectivity index (χ0n) is 13.5. The zero-order chi connectivity index (χ0) is 16.5. The van der Waals surface area contributed by atoms with Gasteiger partial charge in [0.2, 0.25) is 5.91 Å². The Hall–Kier alpha value is -2.33. The van der Waals surface area contributed by atoms with Gasteiger partial charge in [-0.2, -0.15) is 0 Å². The lowest BCUT2D eigenvalue weighted by atomic mass is 10.1. The monoisotopic (exact) mass is 312 g/mol. The number of carbonyl (C=O) groups is 1. The molecule has 122 valence electrons. The van der Waals surface area contributed by atoms with Crippen LogP contribution in [0.15, 0.2) is 54.6 Å². The van der Waals surface area contributed by atoms with E-state index in [4.69, 9.17) is 10.5 Å². The third-order valence-corrected chi connectivity index (χ3v) is 3.50. The first-order chi connectivity index (χ1) is 11.2. The van der Waals surface area contributed by atoms with Crippen LogP contribution < -0.4 is 15.8 Å². The molecule has 0 aliphatic rings. The van der Waals surface area contributed by atoms with E-state index < -0.39 is 6.04 Å². The average Bonchev–Trinajstić information content (AvgIpc) is 2.56. The number of benzene rings is 2. The summed E-state index contributed by atoms with van der Waals surface area (Å²) < 4.78 is 5.64. The van der Waals surface area contributed by atoms with Crippen molar-refractivity contribution >= 4 is 11.6 Å². The summed E-state index contributed by atoms with van der Waals surface area (Å²) in [7, 11) is 0. The van der Waals surface area contributed by atoms with Crippen LogP contribution in [-0.2, 0) is 11.2 Å². The molecule has 1 amide bonds. The van der Waals surface area contributed by atoms with Gasteiger partial charge in [-0.3, -0.25) is 4.79 Å². The minimum atomic E-state index is -0.581. The maximum absolute atomic E-state index is 12.2. The Balaban J connectivity index is 1.90. The van der Waals surface area contributed by atoms with Crippen molar-refractivity contribution in [1.29, 1.82) is 0 Å². The molecule has 0 saturated carbocycles. The van der Waals surface area contributed by atoms with Crippen molar-refractivity contribution in [2.24, 2.45) is 5.73 Å². The van der Waals surface area contributed by atoms with Gasteiger partial charge in [-0.1, -0.05) is 49.7 Å². The van der Waals surface area contributed by atoms with Gasteiger partial charge in [-0.25, -0.2) is 0 Å². The van der Waals surface area contributed by atoms with E-state index >= 15 is 0 Å². The Labute approximate surface area is 137 Å². The Morgan fingerprint density at radius 1 is 1.17 bits per heavy atom. The molecule has 2 aromatic rings. The third kappa shape index (κ3) is 5.75.